The minimum absolute atomic E-state index is 0.00222. The maximum atomic E-state index is 13.2. The molecule has 3 aliphatic rings. The lowest BCUT2D eigenvalue weighted by Gasteiger charge is -2.36. The summed E-state index contributed by atoms with van der Waals surface area (Å²) in [5.74, 6) is -2.12. The van der Waals surface area contributed by atoms with Gasteiger partial charge in [0.05, 0.1) is 30.1 Å². The number of piperidine rings is 1. The Morgan fingerprint density at radius 1 is 0.981 bits per heavy atom. The molecule has 1 unspecified atom stereocenters. The molecule has 0 saturated carbocycles. The molecule has 54 heavy (non-hydrogen) atoms. The number of fused-ring (bicyclic) bond motifs is 2. The van der Waals surface area contributed by atoms with Crippen molar-refractivity contribution >= 4 is 64.5 Å². The van der Waals surface area contributed by atoms with Crippen LogP contribution in [0.4, 0.5) is 23.1 Å². The van der Waals surface area contributed by atoms with Crippen LogP contribution >= 0.6 is 0 Å². The van der Waals surface area contributed by atoms with Crippen LogP contribution in [0.3, 0.4) is 0 Å². The molecule has 4 N–H and O–H groups in total. The Labute approximate surface area is 309 Å². The predicted octanol–water partition coefficient (Wildman–Crippen LogP) is 1.14. The molecule has 3 aromatic rings. The molecule has 7 amide bonds. The van der Waals surface area contributed by atoms with Crippen molar-refractivity contribution in [3.8, 4) is 11.5 Å². The van der Waals surface area contributed by atoms with E-state index in [0.29, 0.717) is 60.4 Å². The largest absolute Gasteiger partial charge is 0.495 e. The molecule has 18 heteroatoms. The molecule has 6 rings (SSSR count). The van der Waals surface area contributed by atoms with Gasteiger partial charge in [0.1, 0.15) is 29.3 Å². The Balaban J connectivity index is 0.939. The molecule has 0 radical (unpaired) electrons. The quantitative estimate of drug-likeness (QED) is 0.143. The average Bonchev–Trinajstić information content (AvgIpc) is 3.42. The van der Waals surface area contributed by atoms with E-state index in [0.717, 1.165) is 4.90 Å². The number of hydrogen-bond acceptors (Lipinski definition) is 13. The summed E-state index contributed by atoms with van der Waals surface area (Å²) in [6.45, 7) is 2.02. The van der Waals surface area contributed by atoms with Gasteiger partial charge >= 0.3 is 0 Å². The average molecular weight is 742 g/mol. The van der Waals surface area contributed by atoms with E-state index < -0.39 is 42.2 Å². The number of likely N-dealkylation sites (N-methyl/N-ethyl adjacent to an activating group) is 2. The van der Waals surface area contributed by atoms with Gasteiger partial charge < -0.3 is 35.2 Å². The lowest BCUT2D eigenvalue weighted by molar-refractivity contribution is -0.136. The van der Waals surface area contributed by atoms with E-state index in [1.807, 2.05) is 0 Å². The third-order valence-corrected chi connectivity index (χ3v) is 9.42. The molecular weight excluding hydrogens is 702 g/mol. The Kier molecular flexibility index (Phi) is 10.7. The highest BCUT2D eigenvalue weighted by atomic mass is 16.5. The van der Waals surface area contributed by atoms with Crippen LogP contribution in [0, 0.1) is 0 Å². The predicted molar refractivity (Wildman–Crippen MR) is 193 cm³/mol. The summed E-state index contributed by atoms with van der Waals surface area (Å²) in [7, 11) is 4.96. The van der Waals surface area contributed by atoms with E-state index in [9.17, 15) is 33.6 Å². The van der Waals surface area contributed by atoms with E-state index in [1.165, 1.54) is 30.2 Å². The number of benzene rings is 2. The number of methoxy groups -OCH3 is 1. The maximum absolute atomic E-state index is 13.2. The normalized spacial score (nSPS) is 17.9. The molecule has 18 nitrogen and oxygen atoms in total. The van der Waals surface area contributed by atoms with Crippen LogP contribution in [0.5, 0.6) is 11.5 Å². The number of nitrogens with zero attached hydrogens (tertiary/aromatic N) is 5. The zero-order valence-electron chi connectivity index (χ0n) is 30.1. The second-order valence-corrected chi connectivity index (χ2v) is 12.9. The summed E-state index contributed by atoms with van der Waals surface area (Å²) < 4.78 is 11.1. The molecule has 3 aliphatic heterocycles. The van der Waals surface area contributed by atoms with Crippen LogP contribution in [0.1, 0.15) is 63.7 Å². The highest BCUT2D eigenvalue weighted by molar-refractivity contribution is 6.24. The number of imide groups is 2. The molecule has 1 aromatic heterocycles. The SMILES string of the molecule is COc1cc(C(=O)NCCCCNC(=O)COc2cccc3c2C(=O)N(C2CCC(=O)NC2=O)C3=O)ccc1Nc1ncc2c(n1)N(C)[C@H](C)C(=O)N2C. The number of carbonyl (C=O) groups excluding carboxylic acids is 7. The van der Waals surface area contributed by atoms with E-state index in [4.69, 9.17) is 9.47 Å². The second kappa shape index (κ2) is 15.6. The van der Waals surface area contributed by atoms with Gasteiger partial charge in [-0.2, -0.15) is 4.98 Å². The van der Waals surface area contributed by atoms with Crippen molar-refractivity contribution in [2.24, 2.45) is 0 Å². The van der Waals surface area contributed by atoms with Crippen LogP contribution in [-0.2, 0) is 19.2 Å². The van der Waals surface area contributed by atoms with E-state index >= 15 is 0 Å². The topological polar surface area (TPSA) is 222 Å². The van der Waals surface area contributed by atoms with Crippen molar-refractivity contribution in [1.82, 2.24) is 30.8 Å². The van der Waals surface area contributed by atoms with Crippen LogP contribution in [0.15, 0.2) is 42.6 Å². The van der Waals surface area contributed by atoms with Gasteiger partial charge in [0.25, 0.3) is 23.6 Å². The zero-order valence-corrected chi connectivity index (χ0v) is 30.1. The van der Waals surface area contributed by atoms with Gasteiger partial charge in [-0.05, 0) is 56.5 Å². The van der Waals surface area contributed by atoms with Gasteiger partial charge in [0, 0.05) is 39.2 Å². The number of aromatic nitrogens is 2. The highest BCUT2D eigenvalue weighted by Gasteiger charge is 2.46. The fraction of sp³-hybridized carbons (Fsp3) is 0.361. The summed E-state index contributed by atoms with van der Waals surface area (Å²) >= 11 is 0. The molecule has 0 aliphatic carbocycles. The Morgan fingerprint density at radius 2 is 1.74 bits per heavy atom. The number of hydrogen-bond donors (Lipinski definition) is 4. The minimum atomic E-state index is -1.12. The Morgan fingerprint density at radius 3 is 2.48 bits per heavy atom. The van der Waals surface area contributed by atoms with E-state index in [1.54, 1.807) is 50.3 Å². The van der Waals surface area contributed by atoms with Gasteiger partial charge in [-0.1, -0.05) is 6.07 Å². The zero-order chi connectivity index (χ0) is 38.7. The molecular formula is C36H39N9O9. The molecule has 2 atom stereocenters. The summed E-state index contributed by atoms with van der Waals surface area (Å²) in [5, 5.41) is 10.8. The van der Waals surface area contributed by atoms with Crippen molar-refractivity contribution in [2.75, 3.05) is 56.0 Å². The molecule has 1 fully saturated rings. The number of ether oxygens (including phenoxy) is 2. The first-order chi connectivity index (χ1) is 25.9. The van der Waals surface area contributed by atoms with Crippen molar-refractivity contribution in [2.45, 2.75) is 44.7 Å². The number of carbonyl (C=O) groups is 7. The lowest BCUT2D eigenvalue weighted by Crippen LogP contribution is -2.54. The fourth-order valence-electron chi connectivity index (χ4n) is 6.31. The summed E-state index contributed by atoms with van der Waals surface area (Å²) in [5.41, 5.74) is 1.50. The molecule has 1 saturated heterocycles. The van der Waals surface area contributed by atoms with Crippen molar-refractivity contribution < 1.29 is 43.0 Å². The van der Waals surface area contributed by atoms with Crippen molar-refractivity contribution in [3.63, 3.8) is 0 Å². The highest BCUT2D eigenvalue weighted by Crippen LogP contribution is 2.35. The molecule has 282 valence electrons. The van der Waals surface area contributed by atoms with Gasteiger partial charge in [-0.15, -0.1) is 0 Å². The Hall–Kier alpha value is -6.59. The minimum Gasteiger partial charge on any atom is -0.495 e. The van der Waals surface area contributed by atoms with Crippen LogP contribution in [0.25, 0.3) is 0 Å². The van der Waals surface area contributed by atoms with Crippen molar-refractivity contribution in [1.29, 1.82) is 0 Å². The summed E-state index contributed by atoms with van der Waals surface area (Å²) in [4.78, 5) is 101. The van der Waals surface area contributed by atoms with Crippen molar-refractivity contribution in [3.05, 3.63) is 59.3 Å². The van der Waals surface area contributed by atoms with Gasteiger partial charge in [-0.25, -0.2) is 4.98 Å². The number of nitrogens with one attached hydrogen (secondary N) is 4. The number of rotatable bonds is 13. The van der Waals surface area contributed by atoms with Crippen LogP contribution < -0.4 is 40.5 Å². The maximum Gasteiger partial charge on any atom is 0.266 e. The Bertz CT molecular complexity index is 2060. The van der Waals surface area contributed by atoms with Crippen LogP contribution in [0.2, 0.25) is 0 Å². The first-order valence-electron chi connectivity index (χ1n) is 17.2. The third kappa shape index (κ3) is 7.35. The summed E-state index contributed by atoms with van der Waals surface area (Å²) in [6.07, 6.45) is 2.70. The molecule has 4 heterocycles. The number of anilines is 4. The monoisotopic (exact) mass is 741 g/mol. The van der Waals surface area contributed by atoms with E-state index in [2.05, 4.69) is 31.2 Å². The van der Waals surface area contributed by atoms with E-state index in [-0.39, 0.29) is 47.6 Å². The molecule has 0 bridgehead atoms. The smallest absolute Gasteiger partial charge is 0.266 e. The third-order valence-electron chi connectivity index (χ3n) is 9.42. The lowest BCUT2D eigenvalue weighted by atomic mass is 10.0. The van der Waals surface area contributed by atoms with Gasteiger partial charge in [-0.3, -0.25) is 43.8 Å². The molecule has 0 spiro atoms. The number of unbranched alkanes of at least 4 members (excludes halogenated alkanes) is 1. The molecule has 2 aromatic carbocycles. The standard InChI is InChI=1S/C36H39N9O9/c1-19-33(50)44(3)24-17-39-36(42-30(24)43(19)2)40-22-11-10-20(16-26(22)53-4)31(48)38-15-6-5-14-37-28(47)18-54-25-9-7-8-21-29(25)35(52)45(34(21)51)23-12-13-27(46)41-32(23)49/h7-11,16-17,19,23H,5-6,12-15,18H2,1-4H3,(H,37,47)(H,38,48)(H,39,40,42)(H,41,46,49)/t19-,23?/m1/s1. The van der Waals surface area contributed by atoms with Crippen LogP contribution in [-0.4, -0.2) is 109 Å². The summed E-state index contributed by atoms with van der Waals surface area (Å²) in [6, 6.07) is 7.82. The fourth-order valence-corrected chi connectivity index (χ4v) is 6.31. The first kappa shape index (κ1) is 37.2. The van der Waals surface area contributed by atoms with Gasteiger partial charge in [0.2, 0.25) is 23.7 Å². The second-order valence-electron chi connectivity index (χ2n) is 12.9. The number of amides is 7. The first-order valence-corrected chi connectivity index (χ1v) is 17.2. The van der Waals surface area contributed by atoms with Gasteiger partial charge in [0.15, 0.2) is 12.4 Å².